The van der Waals surface area contributed by atoms with Crippen molar-refractivity contribution in [2.75, 3.05) is 19.4 Å². The Morgan fingerprint density at radius 1 is 1.23 bits per heavy atom. The highest BCUT2D eigenvalue weighted by Gasteiger charge is 2.25. The van der Waals surface area contributed by atoms with Crippen molar-refractivity contribution in [1.82, 2.24) is 25.2 Å². The van der Waals surface area contributed by atoms with Gasteiger partial charge >= 0.3 is 0 Å². The van der Waals surface area contributed by atoms with Crippen LogP contribution in [0.25, 0.3) is 22.2 Å². The number of aromatic nitrogens is 3. The smallest absolute Gasteiger partial charge is 0.237 e. The number of likely N-dealkylation sites (N-methyl/N-ethyl adjacent to an activating group) is 1. The molecule has 0 radical (unpaired) electrons. The number of nitrogens with zero attached hydrogens (tertiary/aromatic N) is 3. The van der Waals surface area contributed by atoms with Crippen LogP contribution in [0.5, 0.6) is 0 Å². The molecule has 1 aliphatic rings. The zero-order chi connectivity index (χ0) is 22.0. The Bertz CT molecular complexity index is 1060. The molecule has 0 spiro atoms. The maximum Gasteiger partial charge on any atom is 0.237 e. The van der Waals surface area contributed by atoms with Gasteiger partial charge in [0, 0.05) is 35.4 Å². The molecular weight excluding hydrogens is 412 g/mol. The average Bonchev–Trinajstić information content (AvgIpc) is 3.18. The van der Waals surface area contributed by atoms with Gasteiger partial charge in [-0.3, -0.25) is 9.69 Å². The Kier molecular flexibility index (Phi) is 6.43. The van der Waals surface area contributed by atoms with Gasteiger partial charge in [-0.15, -0.1) is 0 Å². The molecule has 0 aromatic carbocycles. The topological polar surface area (TPSA) is 85.9 Å². The van der Waals surface area contributed by atoms with Gasteiger partial charge in [0.2, 0.25) is 5.91 Å². The first-order valence-corrected chi connectivity index (χ1v) is 11.1. The number of amides is 1. The molecule has 3 aromatic heterocycles. The summed E-state index contributed by atoms with van der Waals surface area (Å²) in [7, 11) is 3.84. The van der Waals surface area contributed by atoms with Crippen LogP contribution in [-0.2, 0) is 4.79 Å². The summed E-state index contributed by atoms with van der Waals surface area (Å²) in [5.74, 6) is 0.866. The van der Waals surface area contributed by atoms with Crippen molar-refractivity contribution in [3.63, 3.8) is 0 Å². The molecule has 1 amide bonds. The molecule has 4 rings (SSSR count). The largest absolute Gasteiger partial charge is 0.367 e. The summed E-state index contributed by atoms with van der Waals surface area (Å²) in [5, 5.41) is 8.24. The summed E-state index contributed by atoms with van der Waals surface area (Å²) in [4.78, 5) is 26.3. The summed E-state index contributed by atoms with van der Waals surface area (Å²) >= 11 is 6.34. The van der Waals surface area contributed by atoms with Crippen molar-refractivity contribution in [2.24, 2.45) is 0 Å². The first kappa shape index (κ1) is 21.6. The Morgan fingerprint density at radius 3 is 2.71 bits per heavy atom. The third-order valence-corrected chi connectivity index (χ3v) is 6.33. The van der Waals surface area contributed by atoms with E-state index in [9.17, 15) is 4.79 Å². The van der Waals surface area contributed by atoms with Gasteiger partial charge in [0.15, 0.2) is 0 Å². The van der Waals surface area contributed by atoms with E-state index in [1.807, 2.05) is 56.4 Å². The third-order valence-electron chi connectivity index (χ3n) is 6.14. The highest BCUT2D eigenvalue weighted by atomic mass is 35.5. The number of H-pyrrole nitrogens is 1. The lowest BCUT2D eigenvalue weighted by atomic mass is 9.91. The van der Waals surface area contributed by atoms with E-state index >= 15 is 0 Å². The third kappa shape index (κ3) is 4.99. The lowest BCUT2D eigenvalue weighted by Crippen LogP contribution is -2.47. The van der Waals surface area contributed by atoms with Gasteiger partial charge in [0.05, 0.1) is 6.04 Å². The van der Waals surface area contributed by atoms with E-state index in [-0.39, 0.29) is 18.0 Å². The lowest BCUT2D eigenvalue weighted by molar-refractivity contribution is -0.125. The van der Waals surface area contributed by atoms with Gasteiger partial charge in [-0.2, -0.15) is 0 Å². The number of carbonyl (C=O) groups is 1. The molecule has 0 aliphatic heterocycles. The highest BCUT2D eigenvalue weighted by Crippen LogP contribution is 2.31. The van der Waals surface area contributed by atoms with Gasteiger partial charge in [-0.05, 0) is 76.5 Å². The van der Waals surface area contributed by atoms with Crippen molar-refractivity contribution in [1.29, 1.82) is 0 Å². The molecule has 1 saturated carbocycles. The molecule has 1 atom stereocenters. The molecule has 1 aliphatic carbocycles. The summed E-state index contributed by atoms with van der Waals surface area (Å²) in [6.45, 7) is 1.93. The number of anilines is 1. The maximum absolute atomic E-state index is 12.3. The van der Waals surface area contributed by atoms with Gasteiger partial charge < -0.3 is 15.6 Å². The van der Waals surface area contributed by atoms with Crippen LogP contribution in [0.2, 0.25) is 5.15 Å². The minimum atomic E-state index is -0.121. The molecule has 3 aromatic rings. The summed E-state index contributed by atoms with van der Waals surface area (Å²) in [6, 6.07) is 8.30. The number of hydrogen-bond acceptors (Lipinski definition) is 5. The normalized spacial score (nSPS) is 20.0. The van der Waals surface area contributed by atoms with Crippen molar-refractivity contribution in [2.45, 2.75) is 50.7 Å². The highest BCUT2D eigenvalue weighted by molar-refractivity contribution is 6.29. The zero-order valence-electron chi connectivity index (χ0n) is 18.2. The molecular formula is C23H29ClN6O. The number of pyridine rings is 2. The van der Waals surface area contributed by atoms with Crippen molar-refractivity contribution in [3.8, 4) is 11.1 Å². The van der Waals surface area contributed by atoms with Crippen LogP contribution in [-0.4, -0.2) is 58.0 Å². The fourth-order valence-electron chi connectivity index (χ4n) is 4.07. The minimum Gasteiger partial charge on any atom is -0.367 e. The quantitative estimate of drug-likeness (QED) is 0.503. The molecule has 7 nitrogen and oxygen atoms in total. The van der Waals surface area contributed by atoms with Crippen LogP contribution in [0.4, 0.5) is 5.82 Å². The van der Waals surface area contributed by atoms with Crippen LogP contribution in [0.1, 0.15) is 32.6 Å². The van der Waals surface area contributed by atoms with E-state index in [1.54, 1.807) is 6.20 Å². The first-order chi connectivity index (χ1) is 14.9. The number of carbonyl (C=O) groups excluding carboxylic acids is 1. The van der Waals surface area contributed by atoms with Crippen LogP contribution >= 0.6 is 11.6 Å². The number of hydrogen-bond donors (Lipinski definition) is 3. The number of halogens is 1. The molecule has 3 N–H and O–H groups in total. The van der Waals surface area contributed by atoms with E-state index in [0.29, 0.717) is 11.2 Å². The molecule has 1 fully saturated rings. The zero-order valence-corrected chi connectivity index (χ0v) is 18.9. The number of fused-ring (bicyclic) bond motifs is 1. The molecule has 8 heteroatoms. The van der Waals surface area contributed by atoms with Crippen molar-refractivity contribution in [3.05, 3.63) is 41.8 Å². The summed E-state index contributed by atoms with van der Waals surface area (Å²) in [5.41, 5.74) is 2.90. The van der Waals surface area contributed by atoms with Gasteiger partial charge in [0.25, 0.3) is 0 Å². The summed E-state index contributed by atoms with van der Waals surface area (Å²) < 4.78 is 0. The van der Waals surface area contributed by atoms with Gasteiger partial charge in [-0.25, -0.2) is 9.97 Å². The van der Waals surface area contributed by atoms with Crippen LogP contribution in [0.3, 0.4) is 0 Å². The average molecular weight is 441 g/mol. The standard InChI is InChI=1S/C23H29ClN6O/c1-14(30(2)3)23(31)28-17-8-6-16(7-9-17)27-21-12-15(11-20(24)29-21)19-13-26-22-18(19)5-4-10-25-22/h4-5,10-14,16-17H,6-9H2,1-3H3,(H,25,26)(H,27,29)(H,28,31)/t14-,16?,17?/m0/s1. The van der Waals surface area contributed by atoms with Crippen LogP contribution < -0.4 is 10.6 Å². The van der Waals surface area contributed by atoms with E-state index in [0.717, 1.165) is 53.7 Å². The molecule has 164 valence electrons. The second-order valence-corrected chi connectivity index (χ2v) is 8.89. The van der Waals surface area contributed by atoms with E-state index in [4.69, 9.17) is 11.6 Å². The van der Waals surface area contributed by atoms with Crippen molar-refractivity contribution < 1.29 is 4.79 Å². The Hall–Kier alpha value is -2.64. The Labute approximate surface area is 187 Å². The Balaban J connectivity index is 1.40. The van der Waals surface area contributed by atoms with E-state index < -0.39 is 0 Å². The Morgan fingerprint density at radius 2 is 1.97 bits per heavy atom. The second-order valence-electron chi connectivity index (χ2n) is 8.51. The SMILES string of the molecule is C[C@@H](C(=O)NC1CCC(Nc2cc(-c3c[nH]c4ncccc34)cc(Cl)n2)CC1)N(C)C. The number of aromatic amines is 1. The lowest BCUT2D eigenvalue weighted by Gasteiger charge is -2.31. The maximum atomic E-state index is 12.3. The fraction of sp³-hybridized carbons (Fsp3) is 0.435. The number of rotatable bonds is 6. The van der Waals surface area contributed by atoms with E-state index in [1.165, 1.54) is 0 Å². The monoisotopic (exact) mass is 440 g/mol. The minimum absolute atomic E-state index is 0.0933. The van der Waals surface area contributed by atoms with E-state index in [2.05, 4.69) is 25.6 Å². The molecule has 0 bridgehead atoms. The molecule has 0 unspecified atom stereocenters. The predicted molar refractivity (Wildman–Crippen MR) is 125 cm³/mol. The summed E-state index contributed by atoms with van der Waals surface area (Å²) in [6.07, 6.45) is 7.57. The molecule has 3 heterocycles. The van der Waals surface area contributed by atoms with Crippen LogP contribution in [0, 0.1) is 0 Å². The van der Waals surface area contributed by atoms with Crippen molar-refractivity contribution >= 4 is 34.4 Å². The first-order valence-electron chi connectivity index (χ1n) is 10.7. The van der Waals surface area contributed by atoms with Gasteiger partial charge in [-0.1, -0.05) is 11.6 Å². The molecule has 31 heavy (non-hydrogen) atoms. The van der Waals surface area contributed by atoms with Gasteiger partial charge in [0.1, 0.15) is 16.6 Å². The fourth-order valence-corrected chi connectivity index (χ4v) is 4.28. The number of nitrogens with one attached hydrogen (secondary N) is 3. The second kappa shape index (κ2) is 9.24. The predicted octanol–water partition coefficient (Wildman–Crippen LogP) is 4.07. The van der Waals surface area contributed by atoms with Crippen LogP contribution in [0.15, 0.2) is 36.7 Å². The molecule has 0 saturated heterocycles.